The zero-order valence-electron chi connectivity index (χ0n) is 9.67. The van der Waals surface area contributed by atoms with Crippen LogP contribution in [0.2, 0.25) is 0 Å². The van der Waals surface area contributed by atoms with Gasteiger partial charge in [-0.2, -0.15) is 0 Å². The van der Waals surface area contributed by atoms with Crippen molar-refractivity contribution in [3.63, 3.8) is 0 Å². The Labute approximate surface area is 92.2 Å². The van der Waals surface area contributed by atoms with Gasteiger partial charge in [0.2, 0.25) is 5.91 Å². The van der Waals surface area contributed by atoms with Crippen LogP contribution in [0.25, 0.3) is 0 Å². The highest BCUT2D eigenvalue weighted by molar-refractivity contribution is 5.77. The van der Waals surface area contributed by atoms with E-state index in [0.29, 0.717) is 11.9 Å². The molecule has 1 amide bonds. The molecule has 0 radical (unpaired) electrons. The second-order valence-electron chi connectivity index (χ2n) is 4.98. The van der Waals surface area contributed by atoms with Crippen LogP contribution in [0.5, 0.6) is 0 Å². The number of likely N-dealkylation sites (tertiary alicyclic amines) is 1. The third-order valence-electron chi connectivity index (χ3n) is 3.78. The molecule has 1 N–H and O–H groups in total. The van der Waals surface area contributed by atoms with Gasteiger partial charge in [-0.1, -0.05) is 0 Å². The summed E-state index contributed by atoms with van der Waals surface area (Å²) in [5, 5.41) is 3.37. The fourth-order valence-electron chi connectivity index (χ4n) is 2.72. The molecule has 2 saturated heterocycles. The minimum atomic E-state index is 0.382. The highest BCUT2D eigenvalue weighted by atomic mass is 16.2. The van der Waals surface area contributed by atoms with Crippen molar-refractivity contribution in [3.8, 4) is 0 Å². The molecule has 86 valence electrons. The van der Waals surface area contributed by atoms with Crippen LogP contribution in [0.4, 0.5) is 0 Å². The van der Waals surface area contributed by atoms with Gasteiger partial charge in [-0.3, -0.25) is 4.79 Å². The molecule has 1 unspecified atom stereocenters. The van der Waals surface area contributed by atoms with Crippen LogP contribution >= 0.6 is 0 Å². The van der Waals surface area contributed by atoms with Gasteiger partial charge in [-0.15, -0.1) is 0 Å². The third-order valence-corrected chi connectivity index (χ3v) is 3.78. The van der Waals surface area contributed by atoms with Crippen LogP contribution < -0.4 is 5.32 Å². The van der Waals surface area contributed by atoms with Crippen molar-refractivity contribution in [2.75, 3.05) is 19.6 Å². The van der Waals surface area contributed by atoms with Gasteiger partial charge in [0.1, 0.15) is 0 Å². The number of nitrogens with zero attached hydrogens (tertiary/aromatic N) is 1. The normalized spacial score (nSPS) is 29.5. The molecule has 0 saturated carbocycles. The van der Waals surface area contributed by atoms with E-state index in [2.05, 4.69) is 17.1 Å². The number of carbonyl (C=O) groups is 1. The Hall–Kier alpha value is -0.570. The molecule has 0 aliphatic carbocycles. The van der Waals surface area contributed by atoms with Crippen molar-refractivity contribution in [3.05, 3.63) is 0 Å². The number of rotatable bonds is 2. The summed E-state index contributed by atoms with van der Waals surface area (Å²) in [5.41, 5.74) is 0. The van der Waals surface area contributed by atoms with E-state index in [1.807, 2.05) is 0 Å². The molecule has 0 aromatic heterocycles. The molecule has 3 heteroatoms. The summed E-state index contributed by atoms with van der Waals surface area (Å²) in [5.74, 6) is 1.11. The lowest BCUT2D eigenvalue weighted by molar-refractivity contribution is -0.136. The van der Waals surface area contributed by atoms with Gasteiger partial charge in [0.05, 0.1) is 0 Å². The first-order valence-electron chi connectivity index (χ1n) is 6.27. The molecule has 0 spiro atoms. The molecule has 0 bridgehead atoms. The largest absolute Gasteiger partial charge is 0.340 e. The first-order chi connectivity index (χ1) is 7.27. The molecule has 2 heterocycles. The average Bonchev–Trinajstić information content (AvgIpc) is 2.25. The van der Waals surface area contributed by atoms with E-state index in [1.54, 1.807) is 0 Å². The molecule has 2 aliphatic rings. The topological polar surface area (TPSA) is 32.3 Å². The summed E-state index contributed by atoms with van der Waals surface area (Å²) >= 11 is 0. The maximum Gasteiger partial charge on any atom is 0.222 e. The van der Waals surface area contributed by atoms with E-state index in [1.165, 1.54) is 19.3 Å². The van der Waals surface area contributed by atoms with E-state index >= 15 is 0 Å². The van der Waals surface area contributed by atoms with E-state index in [-0.39, 0.29) is 0 Å². The van der Waals surface area contributed by atoms with Crippen molar-refractivity contribution in [1.82, 2.24) is 10.2 Å². The van der Waals surface area contributed by atoms with Crippen LogP contribution in [0, 0.1) is 5.92 Å². The van der Waals surface area contributed by atoms with Crippen LogP contribution in [0.15, 0.2) is 0 Å². The van der Waals surface area contributed by atoms with Crippen LogP contribution in [0.3, 0.4) is 0 Å². The average molecular weight is 210 g/mol. The Bertz CT molecular complexity index is 224. The molecule has 0 aromatic carbocycles. The smallest absolute Gasteiger partial charge is 0.222 e. The quantitative estimate of drug-likeness (QED) is 0.747. The molecule has 2 fully saturated rings. The molecule has 1 atom stereocenters. The van der Waals surface area contributed by atoms with E-state index in [9.17, 15) is 4.79 Å². The highest BCUT2D eigenvalue weighted by Gasteiger charge is 2.27. The van der Waals surface area contributed by atoms with Crippen molar-refractivity contribution in [1.29, 1.82) is 0 Å². The molecule has 3 nitrogen and oxygen atoms in total. The predicted octanol–water partition coefficient (Wildman–Crippen LogP) is 1.39. The summed E-state index contributed by atoms with van der Waals surface area (Å²) in [6.45, 7) is 5.45. The number of piperidine rings is 2. The van der Waals surface area contributed by atoms with Gasteiger partial charge in [0.25, 0.3) is 0 Å². The van der Waals surface area contributed by atoms with Crippen LogP contribution in [-0.4, -0.2) is 36.5 Å². The monoisotopic (exact) mass is 210 g/mol. The first kappa shape index (κ1) is 10.9. The lowest BCUT2D eigenvalue weighted by Gasteiger charge is -2.37. The summed E-state index contributed by atoms with van der Waals surface area (Å²) in [6, 6.07) is 0.473. The number of hydrogen-bond donors (Lipinski definition) is 1. The second-order valence-corrected chi connectivity index (χ2v) is 4.98. The van der Waals surface area contributed by atoms with E-state index in [0.717, 1.165) is 38.4 Å². The number of amides is 1. The maximum atomic E-state index is 11.8. The molecular weight excluding hydrogens is 188 g/mol. The van der Waals surface area contributed by atoms with Gasteiger partial charge in [-0.25, -0.2) is 0 Å². The zero-order chi connectivity index (χ0) is 10.7. The van der Waals surface area contributed by atoms with E-state index < -0.39 is 0 Å². The summed E-state index contributed by atoms with van der Waals surface area (Å²) in [4.78, 5) is 13.9. The Morgan fingerprint density at radius 1 is 1.33 bits per heavy atom. The minimum absolute atomic E-state index is 0.382. The second kappa shape index (κ2) is 4.97. The number of hydrogen-bond acceptors (Lipinski definition) is 2. The summed E-state index contributed by atoms with van der Waals surface area (Å²) in [7, 11) is 0. The van der Waals surface area contributed by atoms with Crippen molar-refractivity contribution in [2.24, 2.45) is 5.92 Å². The number of carbonyl (C=O) groups excluding carboxylic acids is 1. The number of nitrogens with one attached hydrogen (secondary N) is 1. The van der Waals surface area contributed by atoms with Crippen molar-refractivity contribution in [2.45, 2.75) is 45.1 Å². The van der Waals surface area contributed by atoms with Crippen LogP contribution in [-0.2, 0) is 4.79 Å². The first-order valence-corrected chi connectivity index (χ1v) is 6.27. The van der Waals surface area contributed by atoms with Crippen molar-refractivity contribution >= 4 is 5.91 Å². The SMILES string of the molecule is CC1CCCC(=O)N1CC1CCNCC1. The van der Waals surface area contributed by atoms with Gasteiger partial charge in [0, 0.05) is 19.0 Å². The van der Waals surface area contributed by atoms with Gasteiger partial charge in [-0.05, 0) is 51.6 Å². The van der Waals surface area contributed by atoms with Gasteiger partial charge in [0.15, 0.2) is 0 Å². The van der Waals surface area contributed by atoms with E-state index in [4.69, 9.17) is 0 Å². The Balaban J connectivity index is 1.87. The fraction of sp³-hybridized carbons (Fsp3) is 0.917. The van der Waals surface area contributed by atoms with Crippen LogP contribution in [0.1, 0.15) is 39.0 Å². The zero-order valence-corrected chi connectivity index (χ0v) is 9.67. The Morgan fingerprint density at radius 3 is 2.73 bits per heavy atom. The third kappa shape index (κ3) is 2.71. The molecule has 15 heavy (non-hydrogen) atoms. The summed E-state index contributed by atoms with van der Waals surface area (Å²) < 4.78 is 0. The molecular formula is C12H22N2O. The Morgan fingerprint density at radius 2 is 2.07 bits per heavy atom. The Kier molecular flexibility index (Phi) is 3.62. The molecule has 2 rings (SSSR count). The molecule has 2 aliphatic heterocycles. The van der Waals surface area contributed by atoms with Gasteiger partial charge >= 0.3 is 0 Å². The van der Waals surface area contributed by atoms with Crippen molar-refractivity contribution < 1.29 is 4.79 Å². The fourth-order valence-corrected chi connectivity index (χ4v) is 2.72. The van der Waals surface area contributed by atoms with Gasteiger partial charge < -0.3 is 10.2 Å². The lowest BCUT2D eigenvalue weighted by Crippen LogP contribution is -2.46. The highest BCUT2D eigenvalue weighted by Crippen LogP contribution is 2.22. The predicted molar refractivity (Wildman–Crippen MR) is 60.6 cm³/mol. The minimum Gasteiger partial charge on any atom is -0.340 e. The molecule has 0 aromatic rings. The summed E-state index contributed by atoms with van der Waals surface area (Å²) in [6.07, 6.45) is 5.52. The standard InChI is InChI=1S/C12H22N2O/c1-10-3-2-4-12(15)14(10)9-11-5-7-13-8-6-11/h10-11,13H,2-9H2,1H3. The lowest BCUT2D eigenvalue weighted by atomic mass is 9.94. The maximum absolute atomic E-state index is 11.8.